The van der Waals surface area contributed by atoms with E-state index in [1.54, 1.807) is 17.1 Å². The van der Waals surface area contributed by atoms with Crippen molar-refractivity contribution < 1.29 is 9.53 Å². The van der Waals surface area contributed by atoms with Crippen LogP contribution in [0.3, 0.4) is 0 Å². The quantitative estimate of drug-likeness (QED) is 0.834. The van der Waals surface area contributed by atoms with Crippen molar-refractivity contribution in [1.29, 1.82) is 0 Å². The first-order chi connectivity index (χ1) is 12.3. The Balaban J connectivity index is 1.68. The standard InChI is InChI=1S/C19H20ClN3O2S/c1-13-8-10-14(11-9-13)21-18-22-23(19(2,3)26-18)17(24)12-25-16-7-5-4-6-15(16)20/h4-11H,12H2,1-3H3,(H,21,22). The van der Waals surface area contributed by atoms with Crippen molar-refractivity contribution in [2.45, 2.75) is 25.6 Å². The number of nitrogens with one attached hydrogen (secondary N) is 1. The lowest BCUT2D eigenvalue weighted by molar-refractivity contribution is -0.137. The number of hydrazine groups is 1. The Bertz CT molecular complexity index is 837. The Labute approximate surface area is 162 Å². The maximum absolute atomic E-state index is 12.6. The van der Waals surface area contributed by atoms with Gasteiger partial charge in [0.15, 0.2) is 11.8 Å². The van der Waals surface area contributed by atoms with Crippen LogP contribution in [0.2, 0.25) is 5.02 Å². The van der Waals surface area contributed by atoms with Gasteiger partial charge in [-0.05, 0) is 45.0 Å². The number of rotatable bonds is 4. The Hall–Kier alpha value is -2.18. The van der Waals surface area contributed by atoms with E-state index in [-0.39, 0.29) is 12.5 Å². The maximum Gasteiger partial charge on any atom is 0.280 e. The number of amides is 1. The molecule has 2 aromatic carbocycles. The molecule has 2 aromatic rings. The highest BCUT2D eigenvalue weighted by atomic mass is 35.5. The molecule has 1 fully saturated rings. The first-order valence-electron chi connectivity index (χ1n) is 8.16. The molecular weight excluding hydrogens is 370 g/mol. The van der Waals surface area contributed by atoms with E-state index < -0.39 is 4.87 Å². The summed E-state index contributed by atoms with van der Waals surface area (Å²) in [4.78, 5) is 16.7. The molecule has 1 heterocycles. The summed E-state index contributed by atoms with van der Waals surface area (Å²) in [7, 11) is 0. The zero-order chi connectivity index (χ0) is 18.7. The molecular formula is C19H20ClN3O2S. The highest BCUT2D eigenvalue weighted by molar-refractivity contribution is 8.15. The van der Waals surface area contributed by atoms with Crippen LogP contribution >= 0.6 is 23.4 Å². The number of thioether (sulfide) groups is 1. The summed E-state index contributed by atoms with van der Waals surface area (Å²) in [6.45, 7) is 5.83. The average molecular weight is 390 g/mol. The number of carbonyl (C=O) groups excluding carboxylic acids is 1. The highest BCUT2D eigenvalue weighted by Crippen LogP contribution is 2.35. The Kier molecular flexibility index (Phi) is 5.44. The fraction of sp³-hybridized carbons (Fsp3) is 0.263. The van der Waals surface area contributed by atoms with E-state index in [0.717, 1.165) is 5.69 Å². The van der Waals surface area contributed by atoms with Gasteiger partial charge in [0.1, 0.15) is 10.6 Å². The molecule has 1 amide bonds. The normalized spacial score (nSPS) is 17.2. The lowest BCUT2D eigenvalue weighted by atomic mass is 10.2. The molecule has 7 heteroatoms. The molecule has 0 radical (unpaired) electrons. The summed E-state index contributed by atoms with van der Waals surface area (Å²) in [6, 6.07) is 15.0. The van der Waals surface area contributed by atoms with Gasteiger partial charge in [0.25, 0.3) is 5.91 Å². The molecule has 1 saturated heterocycles. The summed E-state index contributed by atoms with van der Waals surface area (Å²) in [5.74, 6) is 0.289. The minimum Gasteiger partial charge on any atom is -0.482 e. The van der Waals surface area contributed by atoms with Crippen molar-refractivity contribution >= 4 is 40.1 Å². The van der Waals surface area contributed by atoms with E-state index in [1.165, 1.54) is 17.3 Å². The highest BCUT2D eigenvalue weighted by Gasteiger charge is 2.40. The summed E-state index contributed by atoms with van der Waals surface area (Å²) >= 11 is 7.55. The second kappa shape index (κ2) is 7.60. The van der Waals surface area contributed by atoms with Gasteiger partial charge in [-0.3, -0.25) is 10.2 Å². The molecule has 0 spiro atoms. The number of hydrogen-bond acceptors (Lipinski definition) is 4. The van der Waals surface area contributed by atoms with Crippen LogP contribution in [0.15, 0.2) is 53.5 Å². The van der Waals surface area contributed by atoms with E-state index in [4.69, 9.17) is 16.3 Å². The Morgan fingerprint density at radius 3 is 2.62 bits per heavy atom. The Morgan fingerprint density at radius 1 is 1.23 bits per heavy atom. The van der Waals surface area contributed by atoms with E-state index in [0.29, 0.717) is 15.9 Å². The third kappa shape index (κ3) is 4.31. The van der Waals surface area contributed by atoms with E-state index in [9.17, 15) is 4.79 Å². The molecule has 26 heavy (non-hydrogen) atoms. The van der Waals surface area contributed by atoms with Crippen molar-refractivity contribution in [2.75, 3.05) is 6.61 Å². The molecule has 0 bridgehead atoms. The van der Waals surface area contributed by atoms with Gasteiger partial charge in [-0.25, -0.2) is 10.0 Å². The van der Waals surface area contributed by atoms with Gasteiger partial charge in [0, 0.05) is 0 Å². The third-order valence-corrected chi connectivity index (χ3v) is 5.16. The van der Waals surface area contributed by atoms with E-state index >= 15 is 0 Å². The molecule has 1 aliphatic heterocycles. The molecule has 0 aromatic heterocycles. The van der Waals surface area contributed by atoms with Crippen molar-refractivity contribution in [1.82, 2.24) is 10.4 Å². The van der Waals surface area contributed by atoms with Crippen molar-refractivity contribution in [3.05, 3.63) is 59.1 Å². The van der Waals surface area contributed by atoms with Gasteiger partial charge in [0.2, 0.25) is 0 Å². The van der Waals surface area contributed by atoms with Crippen LogP contribution in [0.4, 0.5) is 5.69 Å². The van der Waals surface area contributed by atoms with Crippen LogP contribution < -0.4 is 10.2 Å². The number of nitrogens with zero attached hydrogens (tertiary/aromatic N) is 2. The number of halogens is 1. The number of amidine groups is 1. The first-order valence-corrected chi connectivity index (χ1v) is 9.36. The minimum absolute atomic E-state index is 0.113. The van der Waals surface area contributed by atoms with Crippen LogP contribution in [0.25, 0.3) is 0 Å². The third-order valence-electron chi connectivity index (χ3n) is 3.79. The molecule has 3 rings (SSSR count). The number of aryl methyl sites for hydroxylation is 1. The molecule has 1 aliphatic rings. The van der Waals surface area contributed by atoms with Crippen LogP contribution in [0.1, 0.15) is 19.4 Å². The molecule has 0 atom stereocenters. The van der Waals surface area contributed by atoms with Crippen molar-refractivity contribution in [3.8, 4) is 5.75 Å². The number of para-hydroxylation sites is 1. The fourth-order valence-electron chi connectivity index (χ4n) is 2.45. The van der Waals surface area contributed by atoms with Gasteiger partial charge in [-0.15, -0.1) is 0 Å². The zero-order valence-corrected chi connectivity index (χ0v) is 16.4. The lowest BCUT2D eigenvalue weighted by Crippen LogP contribution is -2.49. The summed E-state index contributed by atoms with van der Waals surface area (Å²) in [5.41, 5.74) is 5.09. The topological polar surface area (TPSA) is 53.9 Å². The smallest absolute Gasteiger partial charge is 0.280 e. The SMILES string of the molecule is Cc1ccc(N=C2NN(C(=O)COc3ccccc3Cl)C(C)(C)S2)cc1. The van der Waals surface area contributed by atoms with E-state index in [2.05, 4.69) is 10.4 Å². The second-order valence-corrected chi connectivity index (χ2v) is 8.36. The predicted octanol–water partition coefficient (Wildman–Crippen LogP) is 4.53. The summed E-state index contributed by atoms with van der Waals surface area (Å²) < 4.78 is 5.56. The molecule has 0 aliphatic carbocycles. The molecule has 136 valence electrons. The minimum atomic E-state index is -0.482. The van der Waals surface area contributed by atoms with Crippen LogP contribution in [0.5, 0.6) is 5.75 Å². The molecule has 0 unspecified atom stereocenters. The fourth-order valence-corrected chi connectivity index (χ4v) is 3.64. The van der Waals surface area contributed by atoms with Crippen LogP contribution in [-0.2, 0) is 4.79 Å². The summed E-state index contributed by atoms with van der Waals surface area (Å²) in [5, 5.41) is 2.69. The van der Waals surface area contributed by atoms with Crippen LogP contribution in [-0.4, -0.2) is 27.6 Å². The number of aliphatic imine (C=N–C) groups is 1. The van der Waals surface area contributed by atoms with Crippen molar-refractivity contribution in [3.63, 3.8) is 0 Å². The average Bonchev–Trinajstić information content (AvgIpc) is 2.90. The second-order valence-electron chi connectivity index (χ2n) is 6.36. The number of benzene rings is 2. The van der Waals surface area contributed by atoms with Gasteiger partial charge >= 0.3 is 0 Å². The van der Waals surface area contributed by atoms with Gasteiger partial charge in [-0.1, -0.05) is 53.2 Å². The monoisotopic (exact) mass is 389 g/mol. The number of ether oxygens (including phenoxy) is 1. The first kappa shape index (κ1) is 18.6. The molecule has 0 saturated carbocycles. The predicted molar refractivity (Wildman–Crippen MR) is 107 cm³/mol. The maximum atomic E-state index is 12.6. The van der Waals surface area contributed by atoms with E-state index in [1.807, 2.05) is 57.2 Å². The van der Waals surface area contributed by atoms with Crippen LogP contribution in [0, 0.1) is 6.92 Å². The summed E-state index contributed by atoms with van der Waals surface area (Å²) in [6.07, 6.45) is 0. The van der Waals surface area contributed by atoms with Gasteiger partial charge in [-0.2, -0.15) is 0 Å². The molecule has 1 N–H and O–H groups in total. The molecule has 5 nitrogen and oxygen atoms in total. The van der Waals surface area contributed by atoms with Crippen molar-refractivity contribution in [2.24, 2.45) is 4.99 Å². The zero-order valence-electron chi connectivity index (χ0n) is 14.8. The van der Waals surface area contributed by atoms with Gasteiger partial charge < -0.3 is 4.74 Å². The number of carbonyl (C=O) groups is 1. The number of hydrogen-bond donors (Lipinski definition) is 1. The lowest BCUT2D eigenvalue weighted by Gasteiger charge is -2.28. The Morgan fingerprint density at radius 2 is 1.92 bits per heavy atom. The van der Waals surface area contributed by atoms with Gasteiger partial charge in [0.05, 0.1) is 10.7 Å². The largest absolute Gasteiger partial charge is 0.482 e.